The SMILES string of the molecule is CC.CCN1CCC2(CCC2)C1.CCNCC1CCC1. The Hall–Kier alpha value is -0.0800. The fourth-order valence-electron chi connectivity index (χ4n) is 3.43. The zero-order valence-electron chi connectivity index (χ0n) is 14.5. The van der Waals surface area contributed by atoms with Crippen molar-refractivity contribution in [2.75, 3.05) is 32.7 Å². The molecule has 0 aromatic heterocycles. The van der Waals surface area contributed by atoms with Crippen molar-refractivity contribution in [1.29, 1.82) is 0 Å². The molecule has 0 aromatic carbocycles. The van der Waals surface area contributed by atoms with Crippen LogP contribution >= 0.6 is 0 Å². The molecule has 0 bridgehead atoms. The van der Waals surface area contributed by atoms with E-state index in [9.17, 15) is 0 Å². The lowest BCUT2D eigenvalue weighted by atomic mass is 9.68. The van der Waals surface area contributed by atoms with Crippen molar-refractivity contribution in [3.8, 4) is 0 Å². The summed E-state index contributed by atoms with van der Waals surface area (Å²) >= 11 is 0. The van der Waals surface area contributed by atoms with Crippen LogP contribution in [0.3, 0.4) is 0 Å². The molecule has 3 fully saturated rings. The molecule has 3 aliphatic rings. The summed E-state index contributed by atoms with van der Waals surface area (Å²) in [6, 6.07) is 0. The van der Waals surface area contributed by atoms with Gasteiger partial charge >= 0.3 is 0 Å². The number of hydrogen-bond donors (Lipinski definition) is 1. The van der Waals surface area contributed by atoms with Gasteiger partial charge in [-0.15, -0.1) is 0 Å². The fraction of sp³-hybridized carbons (Fsp3) is 1.00. The zero-order chi connectivity index (χ0) is 14.8. The largest absolute Gasteiger partial charge is 0.317 e. The van der Waals surface area contributed by atoms with Crippen LogP contribution in [0.15, 0.2) is 0 Å². The Balaban J connectivity index is 0.000000182. The molecule has 3 rings (SSSR count). The van der Waals surface area contributed by atoms with Crippen molar-refractivity contribution in [3.63, 3.8) is 0 Å². The maximum atomic E-state index is 3.35. The lowest BCUT2D eigenvalue weighted by molar-refractivity contribution is 0.141. The summed E-state index contributed by atoms with van der Waals surface area (Å²) in [5.41, 5.74) is 0.815. The van der Waals surface area contributed by atoms with Gasteiger partial charge in [0.05, 0.1) is 0 Å². The van der Waals surface area contributed by atoms with E-state index in [2.05, 4.69) is 24.1 Å². The maximum Gasteiger partial charge on any atom is 0.00383 e. The first-order valence-corrected chi connectivity index (χ1v) is 9.21. The number of rotatable bonds is 4. The van der Waals surface area contributed by atoms with Crippen molar-refractivity contribution in [3.05, 3.63) is 0 Å². The van der Waals surface area contributed by atoms with E-state index in [-0.39, 0.29) is 0 Å². The van der Waals surface area contributed by atoms with Gasteiger partial charge in [0.1, 0.15) is 0 Å². The third kappa shape index (κ3) is 5.37. The van der Waals surface area contributed by atoms with E-state index in [0.29, 0.717) is 0 Å². The van der Waals surface area contributed by atoms with Crippen molar-refractivity contribution in [2.45, 2.75) is 72.6 Å². The van der Waals surface area contributed by atoms with Crippen LogP contribution in [-0.4, -0.2) is 37.6 Å². The summed E-state index contributed by atoms with van der Waals surface area (Å²) in [7, 11) is 0. The van der Waals surface area contributed by atoms with Gasteiger partial charge in [-0.25, -0.2) is 0 Å². The first-order valence-electron chi connectivity index (χ1n) is 9.21. The van der Waals surface area contributed by atoms with Crippen LogP contribution in [0.4, 0.5) is 0 Å². The average molecular weight is 283 g/mol. The molecule has 2 aliphatic carbocycles. The number of likely N-dealkylation sites (tertiary alicyclic amines) is 1. The predicted molar refractivity (Wildman–Crippen MR) is 90.2 cm³/mol. The van der Waals surface area contributed by atoms with Gasteiger partial charge in [-0.3, -0.25) is 0 Å². The van der Waals surface area contributed by atoms with E-state index in [1.54, 1.807) is 0 Å². The van der Waals surface area contributed by atoms with Crippen LogP contribution < -0.4 is 5.32 Å². The summed E-state index contributed by atoms with van der Waals surface area (Å²) in [6.45, 7) is 14.9. The number of nitrogens with zero attached hydrogens (tertiary/aromatic N) is 1. The summed E-state index contributed by atoms with van der Waals surface area (Å²) in [5.74, 6) is 1.02. The Kier molecular flexibility index (Phi) is 8.79. The number of hydrogen-bond acceptors (Lipinski definition) is 2. The molecule has 1 spiro atoms. The predicted octanol–water partition coefficient (Wildman–Crippen LogP) is 4.30. The van der Waals surface area contributed by atoms with Crippen LogP contribution in [0.1, 0.15) is 72.6 Å². The minimum absolute atomic E-state index is 0.815. The lowest BCUT2D eigenvalue weighted by Crippen LogP contribution is -2.32. The van der Waals surface area contributed by atoms with Crippen molar-refractivity contribution < 1.29 is 0 Å². The van der Waals surface area contributed by atoms with Gasteiger partial charge in [-0.1, -0.05) is 40.5 Å². The molecular weight excluding hydrogens is 244 g/mol. The smallest absolute Gasteiger partial charge is 0.00383 e. The molecule has 1 aliphatic heterocycles. The van der Waals surface area contributed by atoms with Crippen molar-refractivity contribution >= 4 is 0 Å². The maximum absolute atomic E-state index is 3.35. The minimum Gasteiger partial charge on any atom is -0.317 e. The molecule has 2 nitrogen and oxygen atoms in total. The number of nitrogens with one attached hydrogen (secondary N) is 1. The first-order chi connectivity index (χ1) is 9.78. The van der Waals surface area contributed by atoms with E-state index in [1.807, 2.05) is 13.8 Å². The molecule has 1 heterocycles. The third-order valence-corrected chi connectivity index (χ3v) is 5.29. The molecule has 2 saturated carbocycles. The zero-order valence-corrected chi connectivity index (χ0v) is 14.5. The van der Waals surface area contributed by atoms with E-state index in [0.717, 1.165) is 17.9 Å². The van der Waals surface area contributed by atoms with Crippen LogP contribution in [-0.2, 0) is 0 Å². The first kappa shape index (κ1) is 18.0. The van der Waals surface area contributed by atoms with Crippen LogP contribution in [0.2, 0.25) is 0 Å². The van der Waals surface area contributed by atoms with Gasteiger partial charge in [-0.05, 0) is 69.6 Å². The molecular formula is C18H38N2. The lowest BCUT2D eigenvalue weighted by Gasteiger charge is -2.38. The second kappa shape index (κ2) is 9.78. The highest BCUT2D eigenvalue weighted by atomic mass is 15.2. The van der Waals surface area contributed by atoms with Gasteiger partial charge in [0.25, 0.3) is 0 Å². The minimum atomic E-state index is 0.815. The summed E-state index contributed by atoms with van der Waals surface area (Å²) < 4.78 is 0. The Bertz CT molecular complexity index is 232. The van der Waals surface area contributed by atoms with Crippen LogP contribution in [0.25, 0.3) is 0 Å². The van der Waals surface area contributed by atoms with Gasteiger partial charge in [-0.2, -0.15) is 0 Å². The highest BCUT2D eigenvalue weighted by Crippen LogP contribution is 2.47. The van der Waals surface area contributed by atoms with Gasteiger partial charge in [0.2, 0.25) is 0 Å². The molecule has 1 saturated heterocycles. The second-order valence-corrected chi connectivity index (χ2v) is 6.58. The van der Waals surface area contributed by atoms with Crippen molar-refractivity contribution in [1.82, 2.24) is 10.2 Å². The van der Waals surface area contributed by atoms with Gasteiger partial charge < -0.3 is 10.2 Å². The molecule has 1 N–H and O–H groups in total. The molecule has 120 valence electrons. The highest BCUT2D eigenvalue weighted by molar-refractivity contribution is 4.95. The van der Waals surface area contributed by atoms with Crippen LogP contribution in [0.5, 0.6) is 0 Å². The second-order valence-electron chi connectivity index (χ2n) is 6.58. The molecule has 0 unspecified atom stereocenters. The van der Waals surface area contributed by atoms with Gasteiger partial charge in [0, 0.05) is 6.54 Å². The third-order valence-electron chi connectivity index (χ3n) is 5.29. The van der Waals surface area contributed by atoms with E-state index in [1.165, 1.54) is 71.1 Å². The monoisotopic (exact) mass is 282 g/mol. The van der Waals surface area contributed by atoms with Gasteiger partial charge in [0.15, 0.2) is 0 Å². The summed E-state index contributed by atoms with van der Waals surface area (Å²) in [5, 5.41) is 3.35. The summed E-state index contributed by atoms with van der Waals surface area (Å²) in [4.78, 5) is 2.60. The quantitative estimate of drug-likeness (QED) is 0.827. The molecule has 0 atom stereocenters. The van der Waals surface area contributed by atoms with Crippen molar-refractivity contribution in [2.24, 2.45) is 11.3 Å². The average Bonchev–Trinajstić information content (AvgIpc) is 2.85. The summed E-state index contributed by atoms with van der Waals surface area (Å²) in [6.07, 6.45) is 10.4. The molecule has 0 amide bonds. The normalized spacial score (nSPS) is 24.0. The fourth-order valence-corrected chi connectivity index (χ4v) is 3.43. The Morgan fingerprint density at radius 1 is 1.05 bits per heavy atom. The van der Waals surface area contributed by atoms with Crippen LogP contribution in [0, 0.1) is 11.3 Å². The molecule has 20 heavy (non-hydrogen) atoms. The molecule has 0 aromatic rings. The van der Waals surface area contributed by atoms with E-state index < -0.39 is 0 Å². The van der Waals surface area contributed by atoms with E-state index >= 15 is 0 Å². The molecule has 2 heteroatoms. The van der Waals surface area contributed by atoms with E-state index in [4.69, 9.17) is 0 Å². The Morgan fingerprint density at radius 2 is 1.75 bits per heavy atom. The topological polar surface area (TPSA) is 15.3 Å². The highest BCUT2D eigenvalue weighted by Gasteiger charge is 2.41. The Labute approximate surface area is 127 Å². The standard InChI is InChI=1S/C9H17N.C7H15N.C2H6/c1-2-10-7-6-9(8-10)4-3-5-9;1-2-8-6-7-4-3-5-7;1-2/h2-8H2,1H3;7-8H,2-6H2,1H3;1-2H3. The Morgan fingerprint density at radius 3 is 2.05 bits per heavy atom. The molecule has 0 radical (unpaired) electrons.